The topological polar surface area (TPSA) is 30.5 Å². The molecule has 164 valence electrons. The second kappa shape index (κ2) is 11.9. The summed E-state index contributed by atoms with van der Waals surface area (Å²) in [5.41, 5.74) is 3.38. The minimum absolute atomic E-state index is 0.255. The maximum Gasteiger partial charge on any atom is 0.175 e. The van der Waals surface area contributed by atoms with E-state index in [1.54, 1.807) is 12.1 Å². The Kier molecular flexibility index (Phi) is 8.92. The summed E-state index contributed by atoms with van der Waals surface area (Å²) in [5.74, 6) is 1.11. The molecule has 0 aliphatic rings. The van der Waals surface area contributed by atoms with Crippen LogP contribution in [0, 0.1) is 5.82 Å². The van der Waals surface area contributed by atoms with Gasteiger partial charge in [-0.05, 0) is 83.6 Å². The highest BCUT2D eigenvalue weighted by atomic mass is 79.9. The van der Waals surface area contributed by atoms with Gasteiger partial charge in [-0.2, -0.15) is 0 Å². The quantitative estimate of drug-likeness (QED) is 0.328. The maximum atomic E-state index is 13.1. The van der Waals surface area contributed by atoms with E-state index in [2.05, 4.69) is 58.5 Å². The molecule has 0 heterocycles. The van der Waals surface area contributed by atoms with E-state index in [1.165, 1.54) is 17.7 Å². The number of aryl methyl sites for hydroxylation is 1. The predicted octanol–water partition coefficient (Wildman–Crippen LogP) is 6.68. The van der Waals surface area contributed by atoms with Crippen molar-refractivity contribution in [1.29, 1.82) is 0 Å². The van der Waals surface area contributed by atoms with Crippen LogP contribution in [0.15, 0.2) is 71.2 Å². The highest BCUT2D eigenvalue weighted by molar-refractivity contribution is 9.10. The molecule has 1 unspecified atom stereocenters. The van der Waals surface area contributed by atoms with Gasteiger partial charge in [0, 0.05) is 12.6 Å². The van der Waals surface area contributed by atoms with Crippen molar-refractivity contribution in [2.24, 2.45) is 0 Å². The molecule has 3 aromatic rings. The van der Waals surface area contributed by atoms with E-state index in [4.69, 9.17) is 9.47 Å². The Bertz CT molecular complexity index is 948. The molecule has 0 aliphatic heterocycles. The lowest BCUT2D eigenvalue weighted by atomic mass is 10.1. The van der Waals surface area contributed by atoms with Crippen molar-refractivity contribution in [2.75, 3.05) is 6.61 Å². The number of ether oxygens (including phenoxy) is 2. The average Bonchev–Trinajstić information content (AvgIpc) is 2.78. The SMILES string of the molecule is CCOc1cc(CNC(C)CCc2ccccc2)cc(Br)c1OCc1ccc(F)cc1. The molecule has 1 atom stereocenters. The van der Waals surface area contributed by atoms with E-state index in [-0.39, 0.29) is 5.82 Å². The van der Waals surface area contributed by atoms with Crippen LogP contribution in [0.4, 0.5) is 4.39 Å². The minimum atomic E-state index is -0.255. The van der Waals surface area contributed by atoms with Crippen molar-refractivity contribution >= 4 is 15.9 Å². The van der Waals surface area contributed by atoms with Crippen LogP contribution >= 0.6 is 15.9 Å². The third kappa shape index (κ3) is 7.37. The van der Waals surface area contributed by atoms with Crippen LogP contribution in [0.5, 0.6) is 11.5 Å². The van der Waals surface area contributed by atoms with Crippen molar-refractivity contribution in [1.82, 2.24) is 5.32 Å². The lowest BCUT2D eigenvalue weighted by molar-refractivity contribution is 0.267. The van der Waals surface area contributed by atoms with Gasteiger partial charge in [-0.1, -0.05) is 42.5 Å². The fourth-order valence-corrected chi connectivity index (χ4v) is 3.89. The molecule has 0 fully saturated rings. The van der Waals surface area contributed by atoms with Gasteiger partial charge in [0.15, 0.2) is 11.5 Å². The molecule has 0 aliphatic carbocycles. The van der Waals surface area contributed by atoms with E-state index in [9.17, 15) is 4.39 Å². The molecule has 3 aromatic carbocycles. The molecular formula is C26H29BrFNO2. The highest BCUT2D eigenvalue weighted by Gasteiger charge is 2.13. The average molecular weight is 486 g/mol. The second-order valence-corrected chi connectivity index (χ2v) is 8.41. The third-order valence-corrected chi connectivity index (χ3v) is 5.62. The first-order valence-corrected chi connectivity index (χ1v) is 11.4. The summed E-state index contributed by atoms with van der Waals surface area (Å²) in [6.07, 6.45) is 2.13. The van der Waals surface area contributed by atoms with E-state index >= 15 is 0 Å². The van der Waals surface area contributed by atoms with Crippen molar-refractivity contribution < 1.29 is 13.9 Å². The van der Waals surface area contributed by atoms with Gasteiger partial charge in [-0.15, -0.1) is 0 Å². The number of hydrogen-bond donors (Lipinski definition) is 1. The van der Waals surface area contributed by atoms with Gasteiger partial charge in [0.2, 0.25) is 0 Å². The number of nitrogens with one attached hydrogen (secondary N) is 1. The number of rotatable bonds is 11. The van der Waals surface area contributed by atoms with Crippen LogP contribution in [0.25, 0.3) is 0 Å². The van der Waals surface area contributed by atoms with E-state index < -0.39 is 0 Å². The largest absolute Gasteiger partial charge is 0.490 e. The van der Waals surface area contributed by atoms with Gasteiger partial charge in [0.25, 0.3) is 0 Å². The standard InChI is InChI=1S/C26H29BrFNO2/c1-3-30-25-16-22(17-29-19(2)9-10-20-7-5-4-6-8-20)15-24(27)26(25)31-18-21-11-13-23(28)14-12-21/h4-8,11-16,19,29H,3,9-10,17-18H2,1-2H3. The predicted molar refractivity (Wildman–Crippen MR) is 127 cm³/mol. The van der Waals surface area contributed by atoms with E-state index in [1.807, 2.05) is 19.1 Å². The van der Waals surface area contributed by atoms with Crippen molar-refractivity contribution in [2.45, 2.75) is 45.9 Å². The lowest BCUT2D eigenvalue weighted by Gasteiger charge is -2.18. The molecular weight excluding hydrogens is 457 g/mol. The monoisotopic (exact) mass is 485 g/mol. The fourth-order valence-electron chi connectivity index (χ4n) is 3.28. The first-order chi connectivity index (χ1) is 15.0. The van der Waals surface area contributed by atoms with Gasteiger partial charge in [0.05, 0.1) is 11.1 Å². The molecule has 0 radical (unpaired) electrons. The Morgan fingerprint density at radius 3 is 2.39 bits per heavy atom. The van der Waals surface area contributed by atoms with E-state index in [0.717, 1.165) is 35.0 Å². The lowest BCUT2D eigenvalue weighted by Crippen LogP contribution is -2.26. The zero-order chi connectivity index (χ0) is 22.1. The zero-order valence-corrected chi connectivity index (χ0v) is 19.6. The van der Waals surface area contributed by atoms with Gasteiger partial charge >= 0.3 is 0 Å². The van der Waals surface area contributed by atoms with Gasteiger partial charge in [0.1, 0.15) is 12.4 Å². The van der Waals surface area contributed by atoms with Crippen LogP contribution in [0.2, 0.25) is 0 Å². The minimum Gasteiger partial charge on any atom is -0.490 e. The van der Waals surface area contributed by atoms with Crippen LogP contribution in [0.1, 0.15) is 37.0 Å². The smallest absolute Gasteiger partial charge is 0.175 e. The summed E-state index contributed by atoms with van der Waals surface area (Å²) < 4.78 is 25.8. The van der Waals surface area contributed by atoms with Gasteiger partial charge in [-0.3, -0.25) is 0 Å². The normalized spacial score (nSPS) is 11.9. The summed E-state index contributed by atoms with van der Waals surface area (Å²) in [6.45, 7) is 5.79. The van der Waals surface area contributed by atoms with Crippen LogP contribution in [-0.2, 0) is 19.6 Å². The summed E-state index contributed by atoms with van der Waals surface area (Å²) >= 11 is 3.63. The Morgan fingerprint density at radius 1 is 0.935 bits per heavy atom. The van der Waals surface area contributed by atoms with Crippen molar-refractivity contribution in [3.05, 3.63) is 93.7 Å². The molecule has 0 saturated carbocycles. The summed E-state index contributed by atoms with van der Waals surface area (Å²) in [7, 11) is 0. The van der Waals surface area contributed by atoms with Crippen molar-refractivity contribution in [3.8, 4) is 11.5 Å². The molecule has 0 saturated heterocycles. The number of hydrogen-bond acceptors (Lipinski definition) is 3. The fraction of sp³-hybridized carbons (Fsp3) is 0.308. The summed E-state index contributed by atoms with van der Waals surface area (Å²) in [6, 6.07) is 21.3. The molecule has 1 N–H and O–H groups in total. The molecule has 0 bridgehead atoms. The highest BCUT2D eigenvalue weighted by Crippen LogP contribution is 2.37. The molecule has 3 rings (SSSR count). The number of halogens is 2. The zero-order valence-electron chi connectivity index (χ0n) is 18.0. The van der Waals surface area contributed by atoms with Crippen LogP contribution in [0.3, 0.4) is 0 Å². The Hall–Kier alpha value is -2.37. The van der Waals surface area contributed by atoms with Crippen molar-refractivity contribution in [3.63, 3.8) is 0 Å². The molecule has 31 heavy (non-hydrogen) atoms. The van der Waals surface area contributed by atoms with E-state index in [0.29, 0.717) is 30.8 Å². The third-order valence-electron chi connectivity index (χ3n) is 5.03. The summed E-state index contributed by atoms with van der Waals surface area (Å²) in [4.78, 5) is 0. The molecule has 0 aromatic heterocycles. The van der Waals surface area contributed by atoms with Gasteiger partial charge in [-0.25, -0.2) is 4.39 Å². The first kappa shape index (κ1) is 23.3. The molecule has 3 nitrogen and oxygen atoms in total. The van der Waals surface area contributed by atoms with Gasteiger partial charge < -0.3 is 14.8 Å². The second-order valence-electron chi connectivity index (χ2n) is 7.56. The maximum absolute atomic E-state index is 13.1. The molecule has 0 amide bonds. The number of benzene rings is 3. The van der Waals surface area contributed by atoms with Crippen LogP contribution < -0.4 is 14.8 Å². The van der Waals surface area contributed by atoms with Crippen LogP contribution in [-0.4, -0.2) is 12.6 Å². The summed E-state index contributed by atoms with van der Waals surface area (Å²) in [5, 5.41) is 3.60. The Labute approximate surface area is 192 Å². The molecule has 0 spiro atoms. The Balaban J connectivity index is 1.60. The first-order valence-electron chi connectivity index (χ1n) is 10.6. The Morgan fingerprint density at radius 2 is 1.68 bits per heavy atom. The molecule has 5 heteroatoms.